The molecule has 0 aliphatic heterocycles. The number of carbonyl (C=O) groups is 4. The van der Waals surface area contributed by atoms with Crippen LogP contribution in [0.1, 0.15) is 83.0 Å². The average molecular weight is 925 g/mol. The summed E-state index contributed by atoms with van der Waals surface area (Å²) >= 11 is 0. The van der Waals surface area contributed by atoms with E-state index < -0.39 is 17.9 Å². The molecule has 1 aromatic carbocycles. The lowest BCUT2D eigenvalue weighted by Crippen LogP contribution is -2.50. The average Bonchev–Trinajstić information content (AvgIpc) is 3.29. The Morgan fingerprint density at radius 1 is 0.606 bits per heavy atom. The minimum atomic E-state index is -1.20. The fourth-order valence-electron chi connectivity index (χ4n) is 6.31. The molecule has 0 aliphatic carbocycles. The van der Waals surface area contributed by atoms with Crippen LogP contribution in [0.15, 0.2) is 24.3 Å². The number of ether oxygens (including phenoxy) is 8. The molecule has 18 heteroatoms. The molecule has 18 nitrogen and oxygen atoms in total. The summed E-state index contributed by atoms with van der Waals surface area (Å²) in [5.41, 5.74) is -0.931. The van der Waals surface area contributed by atoms with Gasteiger partial charge in [-0.2, -0.15) is 5.26 Å². The SMILES string of the molecule is C#CCOCCOCCNC(=O)CCC(CCC(=O)NCCOCCOCC#C)(CCC(=O)NCCOCCOCC#C)NC(=O)c1ccc(OC(OCCC#N)N(C(C)C)C(C)C)cc1. The van der Waals surface area contributed by atoms with Gasteiger partial charge in [-0.25, -0.2) is 4.90 Å². The van der Waals surface area contributed by atoms with E-state index in [0.717, 1.165) is 0 Å². The first-order valence-electron chi connectivity index (χ1n) is 22.3. The minimum Gasteiger partial charge on any atom is -0.451 e. The molecular weight excluding hydrogens is 853 g/mol. The number of benzene rings is 1. The van der Waals surface area contributed by atoms with Gasteiger partial charge in [0.05, 0.1) is 78.6 Å². The third-order valence-electron chi connectivity index (χ3n) is 9.51. The zero-order chi connectivity index (χ0) is 48.7. The fraction of sp³-hybridized carbons (Fsp3) is 0.646. The highest BCUT2D eigenvalue weighted by Gasteiger charge is 2.34. The second-order valence-electron chi connectivity index (χ2n) is 15.3. The molecule has 66 heavy (non-hydrogen) atoms. The van der Waals surface area contributed by atoms with E-state index in [4.69, 9.17) is 62.4 Å². The summed E-state index contributed by atoms with van der Waals surface area (Å²) in [4.78, 5) is 55.8. The first-order valence-corrected chi connectivity index (χ1v) is 22.3. The second kappa shape index (κ2) is 37.9. The van der Waals surface area contributed by atoms with Crippen molar-refractivity contribution in [1.29, 1.82) is 5.26 Å². The van der Waals surface area contributed by atoms with Crippen LogP contribution in [-0.2, 0) is 47.5 Å². The quantitative estimate of drug-likeness (QED) is 0.0423. The molecule has 4 N–H and O–H groups in total. The van der Waals surface area contributed by atoms with Crippen LogP contribution in [-0.4, -0.2) is 158 Å². The molecular formula is C48H72N6O12. The lowest BCUT2D eigenvalue weighted by molar-refractivity contribution is -0.194. The summed E-state index contributed by atoms with van der Waals surface area (Å²) in [6, 6.07) is 8.65. The molecule has 0 aromatic heterocycles. The molecule has 1 rings (SSSR count). The number of hydrogen-bond acceptors (Lipinski definition) is 14. The summed E-state index contributed by atoms with van der Waals surface area (Å²) < 4.78 is 44.3. The monoisotopic (exact) mass is 925 g/mol. The smallest absolute Gasteiger partial charge is 0.262 e. The molecule has 1 aromatic rings. The second-order valence-corrected chi connectivity index (χ2v) is 15.3. The molecule has 0 saturated heterocycles. The van der Waals surface area contributed by atoms with Crippen molar-refractivity contribution in [2.24, 2.45) is 0 Å². The van der Waals surface area contributed by atoms with Crippen molar-refractivity contribution in [2.45, 2.75) is 96.7 Å². The van der Waals surface area contributed by atoms with E-state index in [1.807, 2.05) is 32.6 Å². The third kappa shape index (κ3) is 28.6. The zero-order valence-corrected chi connectivity index (χ0v) is 39.3. The third-order valence-corrected chi connectivity index (χ3v) is 9.51. The summed E-state index contributed by atoms with van der Waals surface area (Å²) in [6.45, 7) is 12.0. The maximum absolute atomic E-state index is 14.2. The Kier molecular flexibility index (Phi) is 33.8. The van der Waals surface area contributed by atoms with Crippen molar-refractivity contribution in [3.63, 3.8) is 0 Å². The lowest BCUT2D eigenvalue weighted by Gasteiger charge is -2.37. The van der Waals surface area contributed by atoms with E-state index in [9.17, 15) is 19.2 Å². The van der Waals surface area contributed by atoms with Gasteiger partial charge in [-0.15, -0.1) is 19.3 Å². The number of hydrogen-bond donors (Lipinski definition) is 4. The van der Waals surface area contributed by atoms with Crippen molar-refractivity contribution < 1.29 is 57.1 Å². The van der Waals surface area contributed by atoms with Gasteiger partial charge in [0.15, 0.2) is 0 Å². The number of terminal acetylenes is 3. The van der Waals surface area contributed by atoms with Crippen molar-refractivity contribution in [1.82, 2.24) is 26.2 Å². The van der Waals surface area contributed by atoms with Crippen LogP contribution >= 0.6 is 0 Å². The minimum absolute atomic E-state index is 0.0395. The number of nitriles is 1. The standard InChI is InChI=1S/C48H72N6O12/c1-8-26-59-33-36-62-30-23-50-43(55)16-19-48(20-17-44(56)51-24-31-63-37-34-60-27-9-2,21-18-45(57)52-25-32-64-38-35-61-28-10-3)53-46(58)41-12-14-42(15-13-41)66-47(65-29-11-22-49)54(39(4)5)40(6)7/h1-3,12-15,39-40,47H,11,16-21,23-38H2,4-7H3,(H,50,55)(H,51,56)(H,52,57)(H,53,58). The van der Waals surface area contributed by atoms with Crippen LogP contribution in [0.5, 0.6) is 5.75 Å². The molecule has 366 valence electrons. The molecule has 0 saturated carbocycles. The van der Waals surface area contributed by atoms with E-state index in [0.29, 0.717) is 45.4 Å². The first-order chi connectivity index (χ1) is 31.9. The molecule has 0 aliphatic rings. The maximum atomic E-state index is 14.2. The summed E-state index contributed by atoms with van der Waals surface area (Å²) in [7, 11) is 0. The summed E-state index contributed by atoms with van der Waals surface area (Å²) in [5.74, 6) is 6.13. The highest BCUT2D eigenvalue weighted by Crippen LogP contribution is 2.28. The number of amides is 4. The fourth-order valence-corrected chi connectivity index (χ4v) is 6.31. The van der Waals surface area contributed by atoms with Crippen LogP contribution in [0.2, 0.25) is 0 Å². The number of nitrogens with zero attached hydrogens (tertiary/aromatic N) is 2. The van der Waals surface area contributed by atoms with Crippen LogP contribution in [0.3, 0.4) is 0 Å². The van der Waals surface area contributed by atoms with Gasteiger partial charge in [0.2, 0.25) is 17.7 Å². The van der Waals surface area contributed by atoms with Gasteiger partial charge in [-0.05, 0) is 71.2 Å². The number of rotatable bonds is 40. The predicted octanol–water partition coefficient (Wildman–Crippen LogP) is 2.56. The van der Waals surface area contributed by atoms with Crippen molar-refractivity contribution in [2.75, 3.05) is 106 Å². The molecule has 0 spiro atoms. The Labute approximate surface area is 392 Å². The van der Waals surface area contributed by atoms with E-state index in [1.54, 1.807) is 24.3 Å². The number of nitrogens with one attached hydrogen (secondary N) is 4. The Hall–Kier alpha value is -5.25. The van der Waals surface area contributed by atoms with Gasteiger partial charge in [0.25, 0.3) is 12.3 Å². The summed E-state index contributed by atoms with van der Waals surface area (Å²) in [6.07, 6.45) is 15.1. The van der Waals surface area contributed by atoms with Gasteiger partial charge in [0, 0.05) is 62.1 Å². The van der Waals surface area contributed by atoms with Crippen LogP contribution in [0, 0.1) is 48.4 Å². The highest BCUT2D eigenvalue weighted by atomic mass is 16.7. The molecule has 4 amide bonds. The summed E-state index contributed by atoms with van der Waals surface area (Å²) in [5, 5.41) is 20.7. The van der Waals surface area contributed by atoms with E-state index >= 15 is 0 Å². The van der Waals surface area contributed by atoms with Crippen molar-refractivity contribution in [3.8, 4) is 48.9 Å². The Morgan fingerprint density at radius 2 is 1.00 bits per heavy atom. The van der Waals surface area contributed by atoms with Gasteiger partial charge >= 0.3 is 0 Å². The Balaban J connectivity index is 3.30. The molecule has 0 fully saturated rings. The molecule has 1 unspecified atom stereocenters. The molecule has 0 radical (unpaired) electrons. The highest BCUT2D eigenvalue weighted by molar-refractivity contribution is 5.95. The molecule has 0 bridgehead atoms. The maximum Gasteiger partial charge on any atom is 0.262 e. The lowest BCUT2D eigenvalue weighted by atomic mass is 9.82. The van der Waals surface area contributed by atoms with E-state index in [1.165, 1.54) is 0 Å². The van der Waals surface area contributed by atoms with Crippen molar-refractivity contribution in [3.05, 3.63) is 29.8 Å². The molecule has 0 heterocycles. The van der Waals surface area contributed by atoms with Gasteiger partial charge in [0.1, 0.15) is 25.6 Å². The van der Waals surface area contributed by atoms with Crippen LogP contribution < -0.4 is 26.0 Å². The largest absolute Gasteiger partial charge is 0.451 e. The normalized spacial score (nSPS) is 11.6. The number of carbonyl (C=O) groups excluding carboxylic acids is 4. The topological polar surface area (TPSA) is 217 Å². The Morgan fingerprint density at radius 3 is 1.36 bits per heavy atom. The Bertz CT molecular complexity index is 1560. The van der Waals surface area contributed by atoms with Crippen molar-refractivity contribution >= 4 is 23.6 Å². The van der Waals surface area contributed by atoms with Gasteiger partial charge in [-0.3, -0.25) is 19.2 Å². The van der Waals surface area contributed by atoms with Gasteiger partial charge in [-0.1, -0.05) is 17.8 Å². The van der Waals surface area contributed by atoms with Crippen LogP contribution in [0.25, 0.3) is 0 Å². The van der Waals surface area contributed by atoms with E-state index in [-0.39, 0.29) is 146 Å². The zero-order valence-electron chi connectivity index (χ0n) is 39.3. The van der Waals surface area contributed by atoms with Gasteiger partial charge < -0.3 is 59.2 Å². The van der Waals surface area contributed by atoms with Crippen LogP contribution in [0.4, 0.5) is 0 Å². The first kappa shape index (κ1) is 58.8. The molecule has 1 atom stereocenters. The van der Waals surface area contributed by atoms with E-state index in [2.05, 4.69) is 45.1 Å². The predicted molar refractivity (Wildman–Crippen MR) is 247 cm³/mol.